The van der Waals surface area contributed by atoms with E-state index >= 15 is 0 Å². The van der Waals surface area contributed by atoms with Gasteiger partial charge in [0.15, 0.2) is 20.5 Å². The summed E-state index contributed by atoms with van der Waals surface area (Å²) in [5.41, 5.74) is 0.715. The molecule has 2 N–H and O–H groups in total. The maximum Gasteiger partial charge on any atom is 0.269 e. The number of hydrogen-bond donors (Lipinski definition) is 2. The van der Waals surface area contributed by atoms with Gasteiger partial charge in [-0.3, -0.25) is 24.6 Å². The second-order valence-corrected chi connectivity index (χ2v) is 15.9. The first-order valence-corrected chi connectivity index (χ1v) is 17.3. The van der Waals surface area contributed by atoms with Crippen molar-refractivity contribution in [1.82, 2.24) is 0 Å². The van der Waals surface area contributed by atoms with Gasteiger partial charge in [-0.15, -0.1) is 0 Å². The molecule has 0 unspecified atom stereocenters. The van der Waals surface area contributed by atoms with Gasteiger partial charge in [-0.1, -0.05) is 31.2 Å². The van der Waals surface area contributed by atoms with Crippen LogP contribution in [0.1, 0.15) is 24.5 Å². The monoisotopic (exact) mass is 603 g/mol. The Morgan fingerprint density at radius 2 is 1.84 bits per heavy atom. The normalized spacial score (nSPS) is 24.7. The molecular weight excluding hydrogens is 570 g/mol. The average molecular weight is 604 g/mol. The number of anilines is 3. The molecule has 0 saturated carbocycles. The summed E-state index contributed by atoms with van der Waals surface area (Å²) in [6, 6.07) is 18.9. The molecule has 3 aliphatic heterocycles. The van der Waals surface area contributed by atoms with E-state index in [1.807, 2.05) is 43.3 Å². The summed E-state index contributed by atoms with van der Waals surface area (Å²) in [5, 5.41) is 21.6. The van der Waals surface area contributed by atoms with Gasteiger partial charge in [0, 0.05) is 41.4 Å². The highest BCUT2D eigenvalue weighted by Crippen LogP contribution is 2.60. The maximum atomic E-state index is 14.5. The largest absolute Gasteiger partial charge is 0.482 e. The van der Waals surface area contributed by atoms with E-state index in [0.29, 0.717) is 28.4 Å². The van der Waals surface area contributed by atoms with Gasteiger partial charge in [0.05, 0.1) is 28.9 Å². The summed E-state index contributed by atoms with van der Waals surface area (Å²) in [7, 11) is -2.91. The number of para-hydroxylation sites is 2. The van der Waals surface area contributed by atoms with Gasteiger partial charge in [-0.25, -0.2) is 0 Å². The number of hydrogen-bond acceptors (Lipinski definition) is 8. The molecule has 11 nitrogen and oxygen atoms in total. The minimum atomic E-state index is -2.91. The lowest BCUT2D eigenvalue weighted by molar-refractivity contribution is -0.385. The number of aliphatic hydroxyl groups excluding tert-OH is 1. The van der Waals surface area contributed by atoms with Crippen LogP contribution in [0, 0.1) is 16.0 Å². The molecule has 1 fully saturated rings. The lowest BCUT2D eigenvalue weighted by atomic mass is 9.82. The van der Waals surface area contributed by atoms with Gasteiger partial charge in [0.25, 0.3) is 17.5 Å². The van der Waals surface area contributed by atoms with Crippen molar-refractivity contribution in [2.75, 3.05) is 23.0 Å². The number of nitro groups is 1. The van der Waals surface area contributed by atoms with E-state index in [9.17, 15) is 29.6 Å². The highest BCUT2D eigenvalue weighted by atomic mass is 28.4. The van der Waals surface area contributed by atoms with Crippen molar-refractivity contribution in [3.63, 3.8) is 0 Å². The van der Waals surface area contributed by atoms with Crippen LogP contribution >= 0.6 is 0 Å². The third kappa shape index (κ3) is 4.61. The van der Waals surface area contributed by atoms with Crippen molar-refractivity contribution in [3.8, 4) is 5.75 Å². The summed E-state index contributed by atoms with van der Waals surface area (Å²) >= 11 is 0. The quantitative estimate of drug-likeness (QED) is 0.230. The first-order chi connectivity index (χ1) is 20.5. The third-order valence-corrected chi connectivity index (χ3v) is 11.3. The number of non-ortho nitro benzene ring substituents is 1. The van der Waals surface area contributed by atoms with Crippen LogP contribution in [0.15, 0.2) is 66.7 Å². The fourth-order valence-electron chi connectivity index (χ4n) is 7.10. The van der Waals surface area contributed by atoms with E-state index in [2.05, 4.69) is 0 Å². The third-order valence-electron chi connectivity index (χ3n) is 8.81. The van der Waals surface area contributed by atoms with Crippen LogP contribution in [-0.2, 0) is 26.5 Å². The first kappa shape index (κ1) is 29.0. The van der Waals surface area contributed by atoms with Crippen molar-refractivity contribution < 1.29 is 33.9 Å². The second-order valence-electron chi connectivity index (χ2n) is 11.9. The fourth-order valence-corrected chi connectivity index (χ4v) is 9.70. The number of benzene rings is 3. The van der Waals surface area contributed by atoms with Gasteiger partial charge in [0.2, 0.25) is 0 Å². The van der Waals surface area contributed by atoms with Crippen LogP contribution in [0.25, 0.3) is 0 Å². The number of nitro benzene ring substituents is 1. The van der Waals surface area contributed by atoms with Crippen molar-refractivity contribution in [2.45, 2.75) is 50.2 Å². The molecule has 1 spiro atoms. The molecule has 4 atom stereocenters. The Balaban J connectivity index is 1.42. The molecule has 43 heavy (non-hydrogen) atoms. The van der Waals surface area contributed by atoms with Crippen LogP contribution in [0.3, 0.4) is 0 Å². The van der Waals surface area contributed by atoms with Crippen LogP contribution in [0.4, 0.5) is 22.7 Å². The molecule has 224 valence electrons. The van der Waals surface area contributed by atoms with Crippen LogP contribution in [-0.4, -0.2) is 54.3 Å². The second kappa shape index (κ2) is 10.6. The van der Waals surface area contributed by atoms with E-state index in [-0.39, 0.29) is 43.7 Å². The highest BCUT2D eigenvalue weighted by molar-refractivity contribution is 6.71. The molecule has 3 aromatic carbocycles. The molecule has 6 rings (SSSR count). The summed E-state index contributed by atoms with van der Waals surface area (Å²) in [6.45, 7) is 5.23. The van der Waals surface area contributed by atoms with Crippen molar-refractivity contribution >= 4 is 42.9 Å². The number of carbonyl (C=O) groups excluding carboxylic acids is 2. The van der Waals surface area contributed by atoms with E-state index in [1.54, 1.807) is 41.1 Å². The average Bonchev–Trinajstić information content (AvgIpc) is 3.39. The molecular formula is C31H33N3O8Si. The van der Waals surface area contributed by atoms with Gasteiger partial charge < -0.3 is 24.3 Å². The van der Waals surface area contributed by atoms with Crippen LogP contribution in [0.2, 0.25) is 18.6 Å². The summed E-state index contributed by atoms with van der Waals surface area (Å²) in [4.78, 5) is 53.2. The zero-order valence-electron chi connectivity index (χ0n) is 24.1. The van der Waals surface area contributed by atoms with Crippen molar-refractivity contribution in [2.24, 2.45) is 5.92 Å². The smallest absolute Gasteiger partial charge is 0.269 e. The number of fused-ring (bicyclic) bond motifs is 3. The molecule has 3 heterocycles. The zero-order valence-corrected chi connectivity index (χ0v) is 25.1. The first-order valence-electron chi connectivity index (χ1n) is 14.2. The summed E-state index contributed by atoms with van der Waals surface area (Å²) in [6.07, 6.45) is -0.374. The van der Waals surface area contributed by atoms with Crippen LogP contribution in [0.5, 0.6) is 5.75 Å². The number of carbonyl (C=O) groups is 2. The molecule has 2 amide bonds. The number of rotatable bonds is 7. The van der Waals surface area contributed by atoms with E-state index in [1.165, 1.54) is 12.1 Å². The van der Waals surface area contributed by atoms with Crippen LogP contribution < -0.4 is 14.5 Å². The minimum absolute atomic E-state index is 0.101. The maximum absolute atomic E-state index is 14.5. The minimum Gasteiger partial charge on any atom is -0.482 e. The fraction of sp³-hybridized carbons (Fsp3) is 0.355. The van der Waals surface area contributed by atoms with E-state index in [0.717, 1.165) is 5.56 Å². The molecule has 12 heteroatoms. The Morgan fingerprint density at radius 1 is 1.07 bits per heavy atom. The number of aliphatic hydroxyl groups is 1. The predicted molar refractivity (Wildman–Crippen MR) is 161 cm³/mol. The number of ether oxygens (including phenoxy) is 2. The Hall–Kier alpha value is -4.10. The number of amides is 2. The Bertz CT molecular complexity index is 1620. The van der Waals surface area contributed by atoms with Gasteiger partial charge in [0.1, 0.15) is 5.75 Å². The predicted octanol–water partition coefficient (Wildman–Crippen LogP) is 4.38. The molecule has 0 aromatic heterocycles. The van der Waals surface area contributed by atoms with Gasteiger partial charge in [-0.05, 0) is 55.4 Å². The standard InChI is InChI=1S/C31H33N3O8Si/c1-19-29(43(2,3)40)27(13-14-35)42-31(19)23-16-22(34(38)39)11-12-24(23)32(30(31)37)17-20-7-6-8-21(15-20)33-25-9-4-5-10-26(25)41-18-28(33)36/h4-12,15-16,19,27,29,35,40H,13-14,17-18H2,1-3H3/t19-,27+,29-,31+/m1/s1. The molecule has 0 radical (unpaired) electrons. The topological polar surface area (TPSA) is 143 Å². The molecule has 1 saturated heterocycles. The zero-order chi connectivity index (χ0) is 30.7. The van der Waals surface area contributed by atoms with Crippen molar-refractivity contribution in [1.29, 1.82) is 0 Å². The summed E-state index contributed by atoms with van der Waals surface area (Å²) < 4.78 is 12.1. The van der Waals surface area contributed by atoms with Crippen molar-refractivity contribution in [3.05, 3.63) is 88.0 Å². The molecule has 3 aromatic rings. The van der Waals surface area contributed by atoms with E-state index in [4.69, 9.17) is 9.47 Å². The Morgan fingerprint density at radius 3 is 2.56 bits per heavy atom. The lowest BCUT2D eigenvalue weighted by Crippen LogP contribution is -2.46. The SMILES string of the molecule is C[C@@H]1[C@@H]([Si](C)(C)O)[C@H](CCO)O[C@@]12C(=O)N(Cc1cccc(N3C(=O)COc4ccccc43)c1)c1ccc([N+](=O)[O-])cc12. The Kier molecular flexibility index (Phi) is 7.12. The van der Waals surface area contributed by atoms with E-state index < -0.39 is 36.4 Å². The Labute approximate surface area is 249 Å². The molecule has 0 aliphatic carbocycles. The van der Waals surface area contributed by atoms with Gasteiger partial charge >= 0.3 is 0 Å². The summed E-state index contributed by atoms with van der Waals surface area (Å²) in [5.74, 6) is -0.524. The van der Waals surface area contributed by atoms with Gasteiger partial charge in [-0.2, -0.15) is 0 Å². The number of nitrogens with zero attached hydrogens (tertiary/aromatic N) is 3. The molecule has 0 bridgehead atoms. The lowest BCUT2D eigenvalue weighted by Gasteiger charge is -2.32. The highest BCUT2D eigenvalue weighted by Gasteiger charge is 2.66. The molecule has 3 aliphatic rings.